The van der Waals surface area contributed by atoms with Gasteiger partial charge in [0.15, 0.2) is 5.82 Å². The summed E-state index contributed by atoms with van der Waals surface area (Å²) < 4.78 is 16.6. The number of aromatic nitrogens is 3. The molecule has 0 spiro atoms. The summed E-state index contributed by atoms with van der Waals surface area (Å²) in [4.78, 5) is 24.4. The second kappa shape index (κ2) is 13.8. The van der Waals surface area contributed by atoms with Crippen LogP contribution in [0.5, 0.6) is 0 Å². The van der Waals surface area contributed by atoms with E-state index in [2.05, 4.69) is 20.3 Å². The number of fused-ring (bicyclic) bond motifs is 1. The van der Waals surface area contributed by atoms with E-state index in [0.717, 1.165) is 36.8 Å². The number of aromatic amines is 1. The number of rotatable bonds is 14. The maximum atomic E-state index is 15.2. The van der Waals surface area contributed by atoms with Crippen molar-refractivity contribution in [2.75, 3.05) is 19.7 Å². The van der Waals surface area contributed by atoms with Crippen LogP contribution in [-0.2, 0) is 6.42 Å². The molecule has 2 aromatic heterocycles. The lowest BCUT2D eigenvalue weighted by Crippen LogP contribution is -2.26. The number of nitrogens with one attached hydrogen (secondary N) is 2. The monoisotopic (exact) mass is 607 g/mol. The molecule has 0 radical (unpaired) electrons. The fraction of sp³-hybridized carbons (Fsp3) is 0.406. The quantitative estimate of drug-likeness (QED) is 0.0802. The maximum absolute atomic E-state index is 15.2. The van der Waals surface area contributed by atoms with E-state index in [1.54, 1.807) is 31.3 Å². The number of hydrogen-bond acceptors (Lipinski definition) is 6. The largest absolute Gasteiger partial charge is 0.394 e. The summed E-state index contributed by atoms with van der Waals surface area (Å²) in [5, 5.41) is 13.9. The molecule has 9 nitrogen and oxygen atoms in total. The van der Waals surface area contributed by atoms with Crippen molar-refractivity contribution in [1.29, 1.82) is 0 Å². The number of benzene rings is 2. The van der Waals surface area contributed by atoms with Gasteiger partial charge >= 0.3 is 5.69 Å². The SMILES string of the molecule is CC(N)=NCCCN[C@@H](CO)c1ccc(-n2cc3cc(-c4cc(CCCC(N)C5CC5)cc(Cl)c4F)[nH]c3nc2=O)cc1. The lowest BCUT2D eigenvalue weighted by molar-refractivity contribution is 0.244. The second-order valence-corrected chi connectivity index (χ2v) is 11.8. The first-order valence-electron chi connectivity index (χ1n) is 14.8. The minimum atomic E-state index is -0.522. The molecule has 1 saturated carbocycles. The Morgan fingerprint density at radius 3 is 2.72 bits per heavy atom. The van der Waals surface area contributed by atoms with Crippen LogP contribution in [0.3, 0.4) is 0 Å². The molecule has 1 fully saturated rings. The van der Waals surface area contributed by atoms with Gasteiger partial charge in [0, 0.05) is 29.7 Å². The van der Waals surface area contributed by atoms with Gasteiger partial charge in [0.05, 0.1) is 34.9 Å². The molecule has 1 aliphatic carbocycles. The summed E-state index contributed by atoms with van der Waals surface area (Å²) in [5.74, 6) is 0.676. The van der Waals surface area contributed by atoms with Crippen molar-refractivity contribution in [3.05, 3.63) is 81.1 Å². The molecule has 11 heteroatoms. The average Bonchev–Trinajstić information content (AvgIpc) is 3.76. The van der Waals surface area contributed by atoms with Gasteiger partial charge in [-0.3, -0.25) is 9.56 Å². The highest BCUT2D eigenvalue weighted by molar-refractivity contribution is 6.31. The van der Waals surface area contributed by atoms with Crippen molar-refractivity contribution in [2.45, 2.75) is 57.5 Å². The third-order valence-corrected chi connectivity index (χ3v) is 8.23. The minimum absolute atomic E-state index is 0.0557. The molecule has 5 rings (SSSR count). The number of halogens is 2. The summed E-state index contributed by atoms with van der Waals surface area (Å²) in [7, 11) is 0. The van der Waals surface area contributed by atoms with Crippen molar-refractivity contribution in [3.8, 4) is 16.9 Å². The van der Waals surface area contributed by atoms with Gasteiger partial charge in [0.25, 0.3) is 0 Å². The fourth-order valence-corrected chi connectivity index (χ4v) is 5.62. The van der Waals surface area contributed by atoms with Gasteiger partial charge in [-0.1, -0.05) is 23.7 Å². The van der Waals surface area contributed by atoms with Gasteiger partial charge in [-0.25, -0.2) is 9.18 Å². The van der Waals surface area contributed by atoms with Crippen LogP contribution in [-0.4, -0.2) is 51.2 Å². The number of aryl methyl sites for hydroxylation is 1. The number of aliphatic hydroxyl groups is 1. The number of hydrogen-bond donors (Lipinski definition) is 5. The van der Waals surface area contributed by atoms with Crippen molar-refractivity contribution < 1.29 is 9.50 Å². The Kier molecular flexibility index (Phi) is 9.92. The predicted molar refractivity (Wildman–Crippen MR) is 170 cm³/mol. The molecule has 0 bridgehead atoms. The lowest BCUT2D eigenvalue weighted by Gasteiger charge is -2.17. The molecule has 2 heterocycles. The van der Waals surface area contributed by atoms with Crippen molar-refractivity contribution in [3.63, 3.8) is 0 Å². The second-order valence-electron chi connectivity index (χ2n) is 11.4. The molecule has 1 unspecified atom stereocenters. The number of aliphatic imine (C=N–C) groups is 1. The molecule has 1 aliphatic rings. The first-order chi connectivity index (χ1) is 20.7. The van der Waals surface area contributed by atoms with Crippen LogP contribution in [0.1, 0.15) is 56.2 Å². The van der Waals surface area contributed by atoms with Crippen LogP contribution < -0.4 is 22.5 Å². The highest BCUT2D eigenvalue weighted by Gasteiger charge is 2.27. The van der Waals surface area contributed by atoms with Crippen LogP contribution in [0, 0.1) is 11.7 Å². The summed E-state index contributed by atoms with van der Waals surface area (Å²) in [6.45, 7) is 2.96. The van der Waals surface area contributed by atoms with Gasteiger partial charge in [-0.2, -0.15) is 4.98 Å². The first kappa shape index (κ1) is 30.9. The third-order valence-electron chi connectivity index (χ3n) is 7.96. The van der Waals surface area contributed by atoms with Gasteiger partial charge in [0.1, 0.15) is 5.65 Å². The van der Waals surface area contributed by atoms with Crippen LogP contribution in [0.25, 0.3) is 28.0 Å². The molecular formula is C32H39ClFN7O2. The number of nitrogens with two attached hydrogens (primary N) is 2. The zero-order valence-electron chi connectivity index (χ0n) is 24.3. The van der Waals surface area contributed by atoms with Gasteiger partial charge < -0.3 is 26.9 Å². The zero-order valence-corrected chi connectivity index (χ0v) is 25.1. The Hall–Kier alpha value is -3.57. The topological polar surface area (TPSA) is 147 Å². The van der Waals surface area contributed by atoms with Gasteiger partial charge in [-0.05, 0) is 99.4 Å². The Morgan fingerprint density at radius 1 is 1.26 bits per heavy atom. The molecule has 2 aromatic carbocycles. The smallest absolute Gasteiger partial charge is 0.354 e. The van der Waals surface area contributed by atoms with Gasteiger partial charge in [0.2, 0.25) is 0 Å². The van der Waals surface area contributed by atoms with Crippen LogP contribution >= 0.6 is 11.6 Å². The Morgan fingerprint density at radius 2 is 2.02 bits per heavy atom. The maximum Gasteiger partial charge on any atom is 0.354 e. The lowest BCUT2D eigenvalue weighted by atomic mass is 10.00. The Balaban J connectivity index is 1.32. The highest BCUT2D eigenvalue weighted by Crippen LogP contribution is 2.34. The van der Waals surface area contributed by atoms with Crippen LogP contribution in [0.4, 0.5) is 4.39 Å². The predicted octanol–water partition coefficient (Wildman–Crippen LogP) is 4.62. The molecule has 7 N–H and O–H groups in total. The standard InChI is InChI=1S/C32H39ClFN7O2/c1-19(35)37-12-3-13-38-29(18-42)22-8-10-24(11-9-22)41-17-23-16-28(39-31(23)40-32(41)43)25-14-20(15-26(33)30(25)34)4-2-5-27(36)21-6-7-21/h8-11,14-17,21,27,29,38,42H,2-7,12-13,18,36H2,1H3,(H2,35,37)(H,39,40,43)/t27?,29-/m0/s1. The summed E-state index contributed by atoms with van der Waals surface area (Å²) in [6, 6.07) is 12.6. The van der Waals surface area contributed by atoms with E-state index < -0.39 is 11.5 Å². The first-order valence-corrected chi connectivity index (χ1v) is 15.2. The summed E-state index contributed by atoms with van der Waals surface area (Å²) in [5.41, 5.74) is 15.0. The molecule has 43 heavy (non-hydrogen) atoms. The third kappa shape index (κ3) is 7.69. The molecular weight excluding hydrogens is 569 g/mol. The van der Waals surface area contributed by atoms with E-state index in [9.17, 15) is 9.90 Å². The van der Waals surface area contributed by atoms with Crippen molar-refractivity contribution in [1.82, 2.24) is 19.9 Å². The van der Waals surface area contributed by atoms with Crippen molar-refractivity contribution in [2.24, 2.45) is 22.4 Å². The van der Waals surface area contributed by atoms with E-state index in [0.29, 0.717) is 52.8 Å². The number of aliphatic hydroxyl groups excluding tert-OH is 1. The average molecular weight is 608 g/mol. The van der Waals surface area contributed by atoms with E-state index in [1.165, 1.54) is 17.4 Å². The number of H-pyrrole nitrogens is 1. The normalized spacial score (nSPS) is 15.2. The molecule has 4 aromatic rings. The van der Waals surface area contributed by atoms with Crippen LogP contribution in [0.2, 0.25) is 5.02 Å². The van der Waals surface area contributed by atoms with E-state index in [4.69, 9.17) is 23.1 Å². The van der Waals surface area contributed by atoms with Crippen LogP contribution in [0.15, 0.2) is 58.4 Å². The molecule has 0 aliphatic heterocycles. The summed E-state index contributed by atoms with van der Waals surface area (Å²) in [6.07, 6.45) is 7.49. The highest BCUT2D eigenvalue weighted by atomic mass is 35.5. The van der Waals surface area contributed by atoms with E-state index in [1.807, 2.05) is 24.3 Å². The molecule has 0 saturated heterocycles. The zero-order chi connectivity index (χ0) is 30.5. The molecule has 2 atom stereocenters. The van der Waals surface area contributed by atoms with Gasteiger partial charge in [-0.15, -0.1) is 0 Å². The minimum Gasteiger partial charge on any atom is -0.394 e. The number of nitrogens with zero attached hydrogens (tertiary/aromatic N) is 3. The van der Waals surface area contributed by atoms with E-state index >= 15 is 4.39 Å². The molecule has 0 amide bonds. The van der Waals surface area contributed by atoms with Crippen molar-refractivity contribution >= 4 is 28.5 Å². The fourth-order valence-electron chi connectivity index (χ4n) is 5.38. The molecule has 228 valence electrons. The van der Waals surface area contributed by atoms with E-state index in [-0.39, 0.29) is 23.7 Å². The Labute approximate surface area is 255 Å². The summed E-state index contributed by atoms with van der Waals surface area (Å²) >= 11 is 6.29. The number of amidine groups is 1. The Bertz CT molecular complexity index is 1640.